The van der Waals surface area contributed by atoms with Crippen LogP contribution in [0.5, 0.6) is 0 Å². The van der Waals surface area contributed by atoms with Crippen molar-refractivity contribution < 1.29 is 13.5 Å². The van der Waals surface area contributed by atoms with Crippen LogP contribution in [0.1, 0.15) is 6.92 Å². The second-order valence-corrected chi connectivity index (χ2v) is 4.24. The van der Waals surface area contributed by atoms with Crippen molar-refractivity contribution in [3.8, 4) is 0 Å². The van der Waals surface area contributed by atoms with Crippen LogP contribution in [0.15, 0.2) is 30.3 Å². The molecule has 0 saturated carbocycles. The maximum atomic E-state index is 10.9. The summed E-state index contributed by atoms with van der Waals surface area (Å²) in [6.45, 7) is 2.01. The van der Waals surface area contributed by atoms with Gasteiger partial charge in [-0.1, -0.05) is 18.2 Å². The van der Waals surface area contributed by atoms with Crippen LogP contribution in [-0.2, 0) is 10.7 Å². The van der Waals surface area contributed by atoms with Gasteiger partial charge in [0, 0.05) is 12.2 Å². The van der Waals surface area contributed by atoms with Gasteiger partial charge in [0.05, 0.1) is 6.61 Å². The molecule has 1 aromatic carbocycles. The number of para-hydroxylation sites is 1. The summed E-state index contributed by atoms with van der Waals surface area (Å²) in [7, 11) is -2.66. The SMILES string of the molecule is CCN(c1ccccc1)C(CO)[SH](=O)=O. The van der Waals surface area contributed by atoms with Gasteiger partial charge in [-0.15, -0.1) is 0 Å². The maximum absolute atomic E-state index is 10.9. The number of hydrogen-bond donors (Lipinski definition) is 2. The molecule has 0 amide bonds. The minimum absolute atomic E-state index is 0.387. The third-order valence-corrected chi connectivity index (χ3v) is 3.12. The topological polar surface area (TPSA) is 57.6 Å². The highest BCUT2D eigenvalue weighted by Gasteiger charge is 2.18. The van der Waals surface area contributed by atoms with Crippen LogP contribution in [0.3, 0.4) is 0 Å². The minimum atomic E-state index is -2.66. The molecule has 15 heavy (non-hydrogen) atoms. The number of rotatable bonds is 5. The second-order valence-electron chi connectivity index (χ2n) is 3.07. The number of aliphatic hydroxyl groups is 1. The van der Waals surface area contributed by atoms with Crippen LogP contribution >= 0.6 is 0 Å². The number of thiol groups is 1. The maximum Gasteiger partial charge on any atom is 0.163 e. The van der Waals surface area contributed by atoms with Gasteiger partial charge < -0.3 is 10.0 Å². The molecule has 0 saturated heterocycles. The van der Waals surface area contributed by atoms with Gasteiger partial charge in [-0.25, -0.2) is 8.42 Å². The summed E-state index contributed by atoms with van der Waals surface area (Å²) in [4.78, 5) is 1.66. The van der Waals surface area contributed by atoms with Gasteiger partial charge in [-0.2, -0.15) is 0 Å². The molecule has 0 bridgehead atoms. The van der Waals surface area contributed by atoms with E-state index >= 15 is 0 Å². The standard InChI is InChI=1S/C10H15NO3S/c1-2-11(10(8-12)15(13)14)9-6-4-3-5-7-9/h3-7,10,12,15H,2,8H2,1H3. The molecule has 0 spiro atoms. The number of benzene rings is 1. The van der Waals surface area contributed by atoms with Crippen molar-refractivity contribution in [2.45, 2.75) is 12.3 Å². The highest BCUT2D eigenvalue weighted by Crippen LogP contribution is 2.16. The molecule has 0 heterocycles. The highest BCUT2D eigenvalue weighted by molar-refractivity contribution is 7.73. The minimum Gasteiger partial charge on any atom is -0.393 e. The lowest BCUT2D eigenvalue weighted by atomic mass is 10.3. The molecule has 84 valence electrons. The van der Waals surface area contributed by atoms with Crippen LogP contribution in [-0.4, -0.2) is 32.0 Å². The molecule has 5 heteroatoms. The number of likely N-dealkylation sites (N-methyl/N-ethyl adjacent to an activating group) is 1. The lowest BCUT2D eigenvalue weighted by Gasteiger charge is -2.27. The van der Waals surface area contributed by atoms with Crippen LogP contribution in [0, 0.1) is 0 Å². The Balaban J connectivity index is 2.97. The summed E-state index contributed by atoms with van der Waals surface area (Å²) in [6.07, 6.45) is 0. The largest absolute Gasteiger partial charge is 0.393 e. The molecule has 0 radical (unpaired) electrons. The first kappa shape index (κ1) is 12.0. The highest BCUT2D eigenvalue weighted by atomic mass is 32.2. The molecule has 4 nitrogen and oxygen atoms in total. The first-order valence-electron chi connectivity index (χ1n) is 4.76. The van der Waals surface area contributed by atoms with E-state index in [0.29, 0.717) is 6.54 Å². The first-order valence-corrected chi connectivity index (χ1v) is 6.01. The third-order valence-electron chi connectivity index (χ3n) is 2.19. The van der Waals surface area contributed by atoms with Gasteiger partial charge in [0.25, 0.3) is 0 Å². The second kappa shape index (κ2) is 5.72. The normalized spacial score (nSPS) is 12.7. The predicted molar refractivity (Wildman–Crippen MR) is 60.7 cm³/mol. The quantitative estimate of drug-likeness (QED) is 0.719. The Bertz CT molecular complexity index is 356. The van der Waals surface area contributed by atoms with Crippen molar-refractivity contribution in [1.82, 2.24) is 0 Å². The number of anilines is 1. The molecule has 0 aromatic heterocycles. The third kappa shape index (κ3) is 2.94. The van der Waals surface area contributed by atoms with Crippen LogP contribution in [0.25, 0.3) is 0 Å². The molecular formula is C10H15NO3S. The number of nitrogens with zero attached hydrogens (tertiary/aromatic N) is 1. The predicted octanol–water partition coefficient (Wildman–Crippen LogP) is 0.443. The fraction of sp³-hybridized carbons (Fsp3) is 0.400. The van der Waals surface area contributed by atoms with Crippen LogP contribution in [0.2, 0.25) is 0 Å². The smallest absolute Gasteiger partial charge is 0.163 e. The number of hydrogen-bond acceptors (Lipinski definition) is 4. The van der Waals surface area contributed by atoms with Crippen molar-refractivity contribution in [2.24, 2.45) is 0 Å². The van der Waals surface area contributed by atoms with Crippen molar-refractivity contribution in [3.63, 3.8) is 0 Å². The monoisotopic (exact) mass is 229 g/mol. The summed E-state index contributed by atoms with van der Waals surface area (Å²) in [5, 5.41) is 8.19. The van der Waals surface area contributed by atoms with Gasteiger partial charge in [-0.05, 0) is 19.1 Å². The van der Waals surface area contributed by atoms with E-state index in [1.807, 2.05) is 37.3 Å². The van der Waals surface area contributed by atoms with Crippen LogP contribution in [0.4, 0.5) is 5.69 Å². The van der Waals surface area contributed by atoms with E-state index in [2.05, 4.69) is 0 Å². The summed E-state index contributed by atoms with van der Waals surface area (Å²) >= 11 is 0. The summed E-state index contributed by atoms with van der Waals surface area (Å²) in [6, 6.07) is 9.19. The molecule has 0 fully saturated rings. The van der Waals surface area contributed by atoms with Gasteiger partial charge in [0.2, 0.25) is 0 Å². The molecule has 0 aliphatic rings. The Labute approximate surface area is 91.1 Å². The Hall–Kier alpha value is -1.07. The van der Waals surface area contributed by atoms with Crippen molar-refractivity contribution in [2.75, 3.05) is 18.1 Å². The van der Waals surface area contributed by atoms with E-state index in [1.165, 1.54) is 0 Å². The molecule has 1 aromatic rings. The van der Waals surface area contributed by atoms with Gasteiger partial charge >= 0.3 is 0 Å². The summed E-state index contributed by atoms with van der Waals surface area (Å²) in [5.74, 6) is 0. The van der Waals surface area contributed by atoms with E-state index in [9.17, 15) is 8.42 Å². The van der Waals surface area contributed by atoms with E-state index in [-0.39, 0.29) is 6.61 Å². The Morgan fingerprint density at radius 2 is 1.93 bits per heavy atom. The van der Waals surface area contributed by atoms with Crippen LogP contribution < -0.4 is 4.90 Å². The fourth-order valence-corrected chi connectivity index (χ4v) is 2.12. The van der Waals surface area contributed by atoms with Crippen molar-refractivity contribution in [3.05, 3.63) is 30.3 Å². The summed E-state index contributed by atoms with van der Waals surface area (Å²) in [5.41, 5.74) is 0.804. The van der Waals surface area contributed by atoms with Crippen molar-refractivity contribution in [1.29, 1.82) is 0 Å². The fourth-order valence-electron chi connectivity index (χ4n) is 1.46. The van der Waals surface area contributed by atoms with Gasteiger partial charge in [0.1, 0.15) is 0 Å². The zero-order chi connectivity index (χ0) is 11.3. The van der Waals surface area contributed by atoms with E-state index in [1.54, 1.807) is 4.90 Å². The summed E-state index contributed by atoms with van der Waals surface area (Å²) < 4.78 is 21.9. The molecule has 1 unspecified atom stereocenters. The average molecular weight is 229 g/mol. The lowest BCUT2D eigenvalue weighted by molar-refractivity contribution is 0.288. The van der Waals surface area contributed by atoms with Gasteiger partial charge in [0.15, 0.2) is 16.1 Å². The zero-order valence-electron chi connectivity index (χ0n) is 8.54. The lowest BCUT2D eigenvalue weighted by Crippen LogP contribution is -2.39. The number of aliphatic hydroxyl groups excluding tert-OH is 1. The molecule has 0 aliphatic carbocycles. The Kier molecular flexibility index (Phi) is 4.58. The average Bonchev–Trinajstić information content (AvgIpc) is 2.26. The Morgan fingerprint density at radius 3 is 2.33 bits per heavy atom. The van der Waals surface area contributed by atoms with E-state index in [0.717, 1.165) is 5.69 Å². The van der Waals surface area contributed by atoms with Crippen molar-refractivity contribution >= 4 is 16.4 Å². The molecule has 1 rings (SSSR count). The molecule has 0 aliphatic heterocycles. The zero-order valence-corrected chi connectivity index (χ0v) is 9.43. The van der Waals surface area contributed by atoms with Gasteiger partial charge in [-0.3, -0.25) is 0 Å². The first-order chi connectivity index (χ1) is 7.20. The Morgan fingerprint density at radius 1 is 1.33 bits per heavy atom. The molecule has 1 N–H and O–H groups in total. The molecule has 1 atom stereocenters. The van der Waals surface area contributed by atoms with E-state index < -0.39 is 16.1 Å². The molecular weight excluding hydrogens is 214 g/mol. The van der Waals surface area contributed by atoms with E-state index in [4.69, 9.17) is 5.11 Å².